The van der Waals surface area contributed by atoms with Crippen LogP contribution >= 0.6 is 0 Å². The zero-order valence-corrected chi connectivity index (χ0v) is 12.8. The van der Waals surface area contributed by atoms with Crippen molar-refractivity contribution < 1.29 is 19.1 Å². The van der Waals surface area contributed by atoms with Gasteiger partial charge in [0.2, 0.25) is 0 Å². The van der Waals surface area contributed by atoms with Crippen LogP contribution in [0.4, 0.5) is 4.79 Å². The third-order valence-corrected chi connectivity index (χ3v) is 2.12. The van der Waals surface area contributed by atoms with Gasteiger partial charge in [-0.3, -0.25) is 10.2 Å². The van der Waals surface area contributed by atoms with E-state index in [2.05, 4.69) is 5.43 Å². The van der Waals surface area contributed by atoms with E-state index in [0.29, 0.717) is 13.2 Å². The summed E-state index contributed by atoms with van der Waals surface area (Å²) in [6.07, 6.45) is -0.299. The van der Waals surface area contributed by atoms with E-state index in [0.717, 1.165) is 0 Å². The quantitative estimate of drug-likeness (QED) is 0.593. The van der Waals surface area contributed by atoms with E-state index >= 15 is 0 Å². The summed E-state index contributed by atoms with van der Waals surface area (Å²) in [4.78, 5) is 22.9. The van der Waals surface area contributed by atoms with Crippen LogP contribution in [0.3, 0.4) is 0 Å². The summed E-state index contributed by atoms with van der Waals surface area (Å²) in [6, 6.07) is 0.0574. The van der Waals surface area contributed by atoms with Crippen LogP contribution in [0.5, 0.6) is 0 Å². The molecule has 0 aliphatic rings. The first kappa shape index (κ1) is 17.7. The van der Waals surface area contributed by atoms with E-state index in [1.807, 2.05) is 13.8 Å². The molecule has 0 fully saturated rings. The first-order valence-electron chi connectivity index (χ1n) is 6.57. The van der Waals surface area contributed by atoms with Crippen LogP contribution < -0.4 is 5.43 Å². The van der Waals surface area contributed by atoms with Crippen molar-refractivity contribution >= 4 is 12.1 Å². The second-order valence-electron chi connectivity index (χ2n) is 5.46. The summed E-state index contributed by atoms with van der Waals surface area (Å²) >= 11 is 0. The highest BCUT2D eigenvalue weighted by atomic mass is 16.6. The standard InChI is InChI=1S/C13H26N2O4/c1-7-18-11(16)8-9-15(10(2)3)14-12(17)19-13(4,5)6/h10H,7-9H2,1-6H3,(H,14,17). The Morgan fingerprint density at radius 1 is 1.26 bits per heavy atom. The van der Waals surface area contributed by atoms with Crippen LogP contribution in [-0.4, -0.2) is 41.9 Å². The van der Waals surface area contributed by atoms with Crippen molar-refractivity contribution in [3.05, 3.63) is 0 Å². The second kappa shape index (κ2) is 7.99. The lowest BCUT2D eigenvalue weighted by atomic mass is 10.2. The number of rotatable bonds is 6. The molecule has 0 heterocycles. The molecule has 0 saturated carbocycles. The SMILES string of the molecule is CCOC(=O)CCN(NC(=O)OC(C)(C)C)C(C)C. The van der Waals surface area contributed by atoms with Crippen molar-refractivity contribution in [2.24, 2.45) is 0 Å². The van der Waals surface area contributed by atoms with Crippen molar-refractivity contribution in [1.82, 2.24) is 10.4 Å². The van der Waals surface area contributed by atoms with Gasteiger partial charge in [0.05, 0.1) is 13.0 Å². The highest BCUT2D eigenvalue weighted by Crippen LogP contribution is 2.07. The van der Waals surface area contributed by atoms with Gasteiger partial charge in [-0.1, -0.05) is 0 Å². The lowest BCUT2D eigenvalue weighted by molar-refractivity contribution is -0.143. The minimum absolute atomic E-state index is 0.0574. The monoisotopic (exact) mass is 274 g/mol. The van der Waals surface area contributed by atoms with Crippen LogP contribution in [0.25, 0.3) is 0 Å². The zero-order valence-electron chi connectivity index (χ0n) is 12.8. The fourth-order valence-corrected chi connectivity index (χ4v) is 1.31. The van der Waals surface area contributed by atoms with Gasteiger partial charge in [0.15, 0.2) is 0 Å². The smallest absolute Gasteiger partial charge is 0.422 e. The molecule has 0 bridgehead atoms. The second-order valence-corrected chi connectivity index (χ2v) is 5.46. The Hall–Kier alpha value is -1.30. The molecule has 0 aromatic carbocycles. The lowest BCUT2D eigenvalue weighted by Crippen LogP contribution is -2.49. The van der Waals surface area contributed by atoms with E-state index < -0.39 is 11.7 Å². The first-order chi connectivity index (χ1) is 8.65. The number of nitrogens with one attached hydrogen (secondary N) is 1. The van der Waals surface area contributed by atoms with Gasteiger partial charge in [-0.05, 0) is 41.5 Å². The van der Waals surface area contributed by atoms with E-state index in [1.165, 1.54) is 0 Å². The molecule has 6 nitrogen and oxygen atoms in total. The summed E-state index contributed by atoms with van der Waals surface area (Å²) < 4.78 is 10.0. The molecule has 1 N–H and O–H groups in total. The molecule has 112 valence electrons. The summed E-state index contributed by atoms with van der Waals surface area (Å²) in [5.74, 6) is -0.279. The molecule has 19 heavy (non-hydrogen) atoms. The average molecular weight is 274 g/mol. The summed E-state index contributed by atoms with van der Waals surface area (Å²) in [7, 11) is 0. The van der Waals surface area contributed by atoms with Crippen LogP contribution in [-0.2, 0) is 14.3 Å². The maximum Gasteiger partial charge on any atom is 0.422 e. The molecule has 0 atom stereocenters. The van der Waals surface area contributed by atoms with Gasteiger partial charge >= 0.3 is 12.1 Å². The molecular formula is C13H26N2O4. The Morgan fingerprint density at radius 2 is 1.84 bits per heavy atom. The Balaban J connectivity index is 4.27. The van der Waals surface area contributed by atoms with E-state index in [4.69, 9.17) is 9.47 Å². The molecule has 0 aliphatic heterocycles. The zero-order chi connectivity index (χ0) is 15.1. The van der Waals surface area contributed by atoms with Crippen LogP contribution in [0.15, 0.2) is 0 Å². The van der Waals surface area contributed by atoms with Crippen LogP contribution in [0.2, 0.25) is 0 Å². The van der Waals surface area contributed by atoms with E-state index in [9.17, 15) is 9.59 Å². The van der Waals surface area contributed by atoms with Gasteiger partial charge in [-0.2, -0.15) is 0 Å². The number of hydrazine groups is 1. The minimum Gasteiger partial charge on any atom is -0.466 e. The molecule has 0 saturated heterocycles. The number of hydrogen-bond acceptors (Lipinski definition) is 5. The number of carbonyl (C=O) groups excluding carboxylic acids is 2. The van der Waals surface area contributed by atoms with Crippen molar-refractivity contribution in [3.63, 3.8) is 0 Å². The molecule has 0 aromatic rings. The van der Waals surface area contributed by atoms with Gasteiger partial charge < -0.3 is 9.47 Å². The molecule has 0 spiro atoms. The predicted molar refractivity (Wildman–Crippen MR) is 72.5 cm³/mol. The normalized spacial score (nSPS) is 11.6. The fraction of sp³-hybridized carbons (Fsp3) is 0.846. The largest absolute Gasteiger partial charge is 0.466 e. The van der Waals surface area contributed by atoms with E-state index in [-0.39, 0.29) is 18.4 Å². The third-order valence-electron chi connectivity index (χ3n) is 2.12. The van der Waals surface area contributed by atoms with Crippen LogP contribution in [0.1, 0.15) is 48.0 Å². The number of ether oxygens (including phenoxy) is 2. The van der Waals surface area contributed by atoms with Crippen molar-refractivity contribution in [3.8, 4) is 0 Å². The molecule has 1 amide bonds. The topological polar surface area (TPSA) is 67.9 Å². The van der Waals surface area contributed by atoms with Crippen molar-refractivity contribution in [2.45, 2.75) is 59.6 Å². The number of nitrogens with zero attached hydrogens (tertiary/aromatic N) is 1. The minimum atomic E-state index is -0.548. The molecule has 6 heteroatoms. The predicted octanol–water partition coefficient (Wildman–Crippen LogP) is 2.09. The molecule has 0 aromatic heterocycles. The van der Waals surface area contributed by atoms with Gasteiger partial charge in [0, 0.05) is 12.6 Å². The average Bonchev–Trinajstić information content (AvgIpc) is 2.21. The molecule has 0 unspecified atom stereocenters. The molecule has 0 rings (SSSR count). The Labute approximate surface area is 115 Å². The Kier molecular flexibility index (Phi) is 7.44. The molecule has 0 radical (unpaired) electrons. The van der Waals surface area contributed by atoms with Gasteiger partial charge in [-0.15, -0.1) is 0 Å². The van der Waals surface area contributed by atoms with Gasteiger partial charge in [0.1, 0.15) is 5.60 Å². The number of carbonyl (C=O) groups is 2. The number of amides is 1. The highest BCUT2D eigenvalue weighted by Gasteiger charge is 2.20. The van der Waals surface area contributed by atoms with Crippen molar-refractivity contribution in [2.75, 3.05) is 13.2 Å². The summed E-state index contributed by atoms with van der Waals surface area (Å²) in [5, 5.41) is 1.66. The maximum atomic E-state index is 11.7. The lowest BCUT2D eigenvalue weighted by Gasteiger charge is -2.28. The van der Waals surface area contributed by atoms with Crippen molar-refractivity contribution in [1.29, 1.82) is 0 Å². The highest BCUT2D eigenvalue weighted by molar-refractivity contribution is 5.70. The van der Waals surface area contributed by atoms with Crippen LogP contribution in [0, 0.1) is 0 Å². The summed E-state index contributed by atoms with van der Waals surface area (Å²) in [6.45, 7) is 11.7. The Bertz CT molecular complexity index is 298. The fourth-order valence-electron chi connectivity index (χ4n) is 1.31. The molecule has 0 aliphatic carbocycles. The van der Waals surface area contributed by atoms with Gasteiger partial charge in [0.25, 0.3) is 0 Å². The number of hydrogen-bond donors (Lipinski definition) is 1. The van der Waals surface area contributed by atoms with Gasteiger partial charge in [-0.25, -0.2) is 9.80 Å². The summed E-state index contributed by atoms with van der Waals surface area (Å²) in [5.41, 5.74) is 2.09. The maximum absolute atomic E-state index is 11.7. The van der Waals surface area contributed by atoms with E-state index in [1.54, 1.807) is 32.7 Å². The number of esters is 1. The Morgan fingerprint density at radius 3 is 2.26 bits per heavy atom. The first-order valence-corrected chi connectivity index (χ1v) is 6.57. The molecular weight excluding hydrogens is 248 g/mol. The third kappa shape index (κ3) is 9.30.